The van der Waals surface area contributed by atoms with E-state index in [2.05, 4.69) is 22.1 Å². The lowest BCUT2D eigenvalue weighted by Crippen LogP contribution is -2.02. The van der Waals surface area contributed by atoms with Crippen molar-refractivity contribution in [3.05, 3.63) is 65.8 Å². The molecular formula is C17H16N2O2. The average Bonchev–Trinajstić information content (AvgIpc) is 3.05. The van der Waals surface area contributed by atoms with Crippen LogP contribution in [-0.4, -0.2) is 22.9 Å². The average molecular weight is 280 g/mol. The second-order valence-corrected chi connectivity index (χ2v) is 4.83. The van der Waals surface area contributed by atoms with Gasteiger partial charge in [0.2, 0.25) is 5.78 Å². The number of methoxy groups -OCH3 is 1. The molecule has 0 fully saturated rings. The number of aromatic nitrogens is 2. The van der Waals surface area contributed by atoms with E-state index in [1.165, 1.54) is 0 Å². The molecule has 0 radical (unpaired) electrons. The van der Waals surface area contributed by atoms with E-state index in [1.807, 2.05) is 12.1 Å². The second-order valence-electron chi connectivity index (χ2n) is 4.83. The molecule has 0 spiro atoms. The van der Waals surface area contributed by atoms with Gasteiger partial charge in [0.15, 0.2) is 0 Å². The van der Waals surface area contributed by atoms with E-state index in [4.69, 9.17) is 4.74 Å². The van der Waals surface area contributed by atoms with Crippen LogP contribution in [0.3, 0.4) is 0 Å². The minimum absolute atomic E-state index is 0.114. The van der Waals surface area contributed by atoms with Gasteiger partial charge in [0.1, 0.15) is 17.3 Å². The van der Waals surface area contributed by atoms with Crippen LogP contribution in [-0.2, 0) is 0 Å². The number of hydrogen-bond acceptors (Lipinski definition) is 3. The zero-order valence-corrected chi connectivity index (χ0v) is 11.8. The number of hydrogen-bond donors (Lipinski definition) is 1. The molecule has 0 aliphatic heterocycles. The summed E-state index contributed by atoms with van der Waals surface area (Å²) in [5, 5.41) is 0. The third-order valence-corrected chi connectivity index (χ3v) is 3.41. The zero-order chi connectivity index (χ0) is 14.7. The van der Waals surface area contributed by atoms with Crippen LogP contribution in [0.25, 0.3) is 5.57 Å². The van der Waals surface area contributed by atoms with E-state index in [0.717, 1.165) is 24.2 Å². The van der Waals surface area contributed by atoms with Crippen molar-refractivity contribution in [1.29, 1.82) is 0 Å². The number of nitrogens with one attached hydrogen (secondary N) is 1. The van der Waals surface area contributed by atoms with Crippen LogP contribution in [0, 0.1) is 0 Å². The predicted octanol–water partition coefficient (Wildman–Crippen LogP) is 3.38. The van der Waals surface area contributed by atoms with Crippen LogP contribution in [0.1, 0.15) is 34.7 Å². The molecule has 4 heteroatoms. The topological polar surface area (TPSA) is 55.0 Å². The maximum absolute atomic E-state index is 12.4. The third kappa shape index (κ3) is 2.79. The Balaban J connectivity index is 1.87. The van der Waals surface area contributed by atoms with Crippen LogP contribution in [0.2, 0.25) is 0 Å². The van der Waals surface area contributed by atoms with E-state index in [9.17, 15) is 4.79 Å². The SMILES string of the molecule is COc1cccc(C(=O)c2c[nH]c(C3=CCCC=C3)n2)c1. The maximum atomic E-state index is 12.4. The summed E-state index contributed by atoms with van der Waals surface area (Å²) in [7, 11) is 1.58. The van der Waals surface area contributed by atoms with Crippen LogP contribution in [0.5, 0.6) is 5.75 Å². The highest BCUT2D eigenvalue weighted by Crippen LogP contribution is 2.20. The van der Waals surface area contributed by atoms with Gasteiger partial charge in [-0.15, -0.1) is 0 Å². The molecular weight excluding hydrogens is 264 g/mol. The minimum atomic E-state index is -0.114. The Kier molecular flexibility index (Phi) is 3.69. The Hall–Kier alpha value is -2.62. The molecule has 1 N–H and O–H groups in total. The maximum Gasteiger partial charge on any atom is 0.213 e. The smallest absolute Gasteiger partial charge is 0.213 e. The van der Waals surface area contributed by atoms with Crippen molar-refractivity contribution >= 4 is 11.4 Å². The summed E-state index contributed by atoms with van der Waals surface area (Å²) in [4.78, 5) is 19.9. The van der Waals surface area contributed by atoms with E-state index in [-0.39, 0.29) is 5.78 Å². The molecule has 21 heavy (non-hydrogen) atoms. The number of aromatic amines is 1. The van der Waals surface area contributed by atoms with Crippen molar-refractivity contribution in [1.82, 2.24) is 9.97 Å². The largest absolute Gasteiger partial charge is 0.497 e. The fourth-order valence-corrected chi connectivity index (χ4v) is 2.29. The standard InChI is InChI=1S/C17H16N2O2/c1-21-14-9-5-8-13(10-14)16(20)15-11-18-17(19-15)12-6-3-2-4-7-12/h3,5-11H,2,4H2,1H3,(H,18,19). The normalized spacial score (nSPS) is 13.9. The highest BCUT2D eigenvalue weighted by molar-refractivity contribution is 6.08. The molecule has 0 bridgehead atoms. The van der Waals surface area contributed by atoms with Crippen LogP contribution in [0.4, 0.5) is 0 Å². The number of ketones is 1. The first-order chi connectivity index (χ1) is 10.3. The molecule has 1 aliphatic carbocycles. The molecule has 0 unspecified atom stereocenters. The Morgan fingerprint density at radius 2 is 2.24 bits per heavy atom. The molecule has 0 saturated carbocycles. The summed E-state index contributed by atoms with van der Waals surface area (Å²) in [6.07, 6.45) is 9.98. The van der Waals surface area contributed by atoms with E-state index < -0.39 is 0 Å². The predicted molar refractivity (Wildman–Crippen MR) is 81.4 cm³/mol. The van der Waals surface area contributed by atoms with Gasteiger partial charge in [0, 0.05) is 17.3 Å². The van der Waals surface area contributed by atoms with Gasteiger partial charge >= 0.3 is 0 Å². The molecule has 2 aromatic rings. The first kappa shape index (κ1) is 13.4. The monoisotopic (exact) mass is 280 g/mol. The molecule has 1 aromatic carbocycles. The molecule has 0 atom stereocenters. The summed E-state index contributed by atoms with van der Waals surface area (Å²) in [6, 6.07) is 7.09. The number of ether oxygens (including phenoxy) is 1. The number of benzene rings is 1. The van der Waals surface area contributed by atoms with E-state index in [0.29, 0.717) is 17.0 Å². The lowest BCUT2D eigenvalue weighted by molar-refractivity contribution is 0.103. The molecule has 4 nitrogen and oxygen atoms in total. The highest BCUT2D eigenvalue weighted by atomic mass is 16.5. The number of carbonyl (C=O) groups is 1. The summed E-state index contributed by atoms with van der Waals surface area (Å²) >= 11 is 0. The third-order valence-electron chi connectivity index (χ3n) is 3.41. The second kappa shape index (κ2) is 5.79. The van der Waals surface area contributed by atoms with Crippen LogP contribution >= 0.6 is 0 Å². The molecule has 3 rings (SSSR count). The molecule has 1 aliphatic rings. The first-order valence-corrected chi connectivity index (χ1v) is 6.89. The Bertz CT molecular complexity index is 726. The van der Waals surface area contributed by atoms with Crippen molar-refractivity contribution in [2.75, 3.05) is 7.11 Å². The van der Waals surface area contributed by atoms with Gasteiger partial charge < -0.3 is 9.72 Å². The molecule has 1 aromatic heterocycles. The molecule has 106 valence electrons. The minimum Gasteiger partial charge on any atom is -0.497 e. The van der Waals surface area contributed by atoms with Gasteiger partial charge in [-0.2, -0.15) is 0 Å². The number of H-pyrrole nitrogens is 1. The van der Waals surface area contributed by atoms with Crippen molar-refractivity contribution in [2.45, 2.75) is 12.8 Å². The van der Waals surface area contributed by atoms with Crippen LogP contribution < -0.4 is 4.74 Å². The summed E-state index contributed by atoms with van der Waals surface area (Å²) in [6.45, 7) is 0. The highest BCUT2D eigenvalue weighted by Gasteiger charge is 2.15. The number of allylic oxidation sites excluding steroid dienone is 4. The van der Waals surface area contributed by atoms with E-state index >= 15 is 0 Å². The van der Waals surface area contributed by atoms with Gasteiger partial charge in [-0.05, 0) is 25.0 Å². The fourth-order valence-electron chi connectivity index (χ4n) is 2.29. The lowest BCUT2D eigenvalue weighted by atomic mass is 10.1. The van der Waals surface area contributed by atoms with E-state index in [1.54, 1.807) is 31.5 Å². The van der Waals surface area contributed by atoms with Crippen molar-refractivity contribution in [3.63, 3.8) is 0 Å². The van der Waals surface area contributed by atoms with Crippen molar-refractivity contribution in [2.24, 2.45) is 0 Å². The number of imidazole rings is 1. The molecule has 0 amide bonds. The Morgan fingerprint density at radius 3 is 3.00 bits per heavy atom. The van der Waals surface area contributed by atoms with Gasteiger partial charge in [-0.1, -0.05) is 30.4 Å². The van der Waals surface area contributed by atoms with Crippen molar-refractivity contribution in [3.8, 4) is 5.75 Å². The fraction of sp³-hybridized carbons (Fsp3) is 0.176. The Labute approximate surface area is 123 Å². The zero-order valence-electron chi connectivity index (χ0n) is 11.8. The molecule has 1 heterocycles. The summed E-state index contributed by atoms with van der Waals surface area (Å²) in [5.74, 6) is 1.28. The van der Waals surface area contributed by atoms with Gasteiger partial charge in [-0.25, -0.2) is 4.98 Å². The summed E-state index contributed by atoms with van der Waals surface area (Å²) in [5.41, 5.74) is 2.02. The first-order valence-electron chi connectivity index (χ1n) is 6.89. The van der Waals surface area contributed by atoms with Gasteiger partial charge in [-0.3, -0.25) is 4.79 Å². The lowest BCUT2D eigenvalue weighted by Gasteiger charge is -2.03. The van der Waals surface area contributed by atoms with Crippen LogP contribution in [0.15, 0.2) is 48.7 Å². The van der Waals surface area contributed by atoms with Gasteiger partial charge in [0.05, 0.1) is 7.11 Å². The number of rotatable bonds is 4. The molecule has 0 saturated heterocycles. The Morgan fingerprint density at radius 1 is 1.33 bits per heavy atom. The number of carbonyl (C=O) groups excluding carboxylic acids is 1. The summed E-state index contributed by atoms with van der Waals surface area (Å²) < 4.78 is 5.14. The number of nitrogens with zero attached hydrogens (tertiary/aromatic N) is 1. The quantitative estimate of drug-likeness (QED) is 0.873. The van der Waals surface area contributed by atoms with Gasteiger partial charge in [0.25, 0.3) is 0 Å². The van der Waals surface area contributed by atoms with Crippen molar-refractivity contribution < 1.29 is 9.53 Å².